The largest absolute Gasteiger partial charge is 0.463 e. The normalized spacial score (nSPS) is 15.6. The van der Waals surface area contributed by atoms with E-state index in [2.05, 4.69) is 32.7 Å². The summed E-state index contributed by atoms with van der Waals surface area (Å²) in [6.45, 7) is 3.16. The highest BCUT2D eigenvalue weighted by Crippen LogP contribution is 2.29. The van der Waals surface area contributed by atoms with Crippen LogP contribution in [0.2, 0.25) is 0 Å². The number of ether oxygens (including phenoxy) is 1. The van der Waals surface area contributed by atoms with Gasteiger partial charge in [-0.3, -0.25) is 4.90 Å². The Kier molecular flexibility index (Phi) is 7.19. The van der Waals surface area contributed by atoms with E-state index in [1.165, 1.54) is 28.0 Å². The Bertz CT molecular complexity index is 1000. The molecular weight excluding hydrogens is 445 g/mol. The molecule has 1 aromatic carbocycles. The van der Waals surface area contributed by atoms with Gasteiger partial charge in [0.1, 0.15) is 11.5 Å². The van der Waals surface area contributed by atoms with Crippen LogP contribution in [-0.4, -0.2) is 45.6 Å². The van der Waals surface area contributed by atoms with E-state index in [9.17, 15) is 13.2 Å². The molecule has 5 nitrogen and oxygen atoms in total. The van der Waals surface area contributed by atoms with Gasteiger partial charge in [0, 0.05) is 6.54 Å². The Morgan fingerprint density at radius 2 is 2.00 bits per heavy atom. The lowest BCUT2D eigenvalue weighted by atomic mass is 9.97. The first-order valence-corrected chi connectivity index (χ1v) is 12.1. The van der Waals surface area contributed by atoms with Crippen molar-refractivity contribution in [2.45, 2.75) is 30.0 Å². The third kappa shape index (κ3) is 5.24. The van der Waals surface area contributed by atoms with E-state index in [-0.39, 0.29) is 17.6 Å². The second kappa shape index (κ2) is 10.1. The molecule has 1 aliphatic rings. The maximum absolute atomic E-state index is 14.2. The van der Waals surface area contributed by atoms with Crippen LogP contribution in [-0.2, 0) is 6.54 Å². The van der Waals surface area contributed by atoms with Gasteiger partial charge in [-0.2, -0.15) is 9.67 Å². The van der Waals surface area contributed by atoms with Gasteiger partial charge in [0.2, 0.25) is 5.82 Å². The fourth-order valence-corrected chi connectivity index (χ4v) is 5.23. The molecule has 2 aromatic heterocycles. The van der Waals surface area contributed by atoms with Crippen molar-refractivity contribution in [1.82, 2.24) is 19.7 Å². The second-order valence-electron chi connectivity index (χ2n) is 7.38. The Labute approximate surface area is 187 Å². The van der Waals surface area contributed by atoms with Crippen molar-refractivity contribution >= 4 is 23.1 Å². The molecule has 31 heavy (non-hydrogen) atoms. The van der Waals surface area contributed by atoms with Crippen LogP contribution in [0.25, 0.3) is 5.69 Å². The summed E-state index contributed by atoms with van der Waals surface area (Å²) in [6.07, 6.45) is 1.11. The fourth-order valence-electron chi connectivity index (χ4n) is 3.64. The van der Waals surface area contributed by atoms with Crippen molar-refractivity contribution in [2.75, 3.05) is 26.0 Å². The first kappa shape index (κ1) is 22.2. The van der Waals surface area contributed by atoms with Gasteiger partial charge in [0.05, 0.1) is 10.8 Å². The molecule has 0 atom stereocenters. The van der Waals surface area contributed by atoms with Crippen LogP contribution in [0.15, 0.2) is 39.9 Å². The predicted molar refractivity (Wildman–Crippen MR) is 116 cm³/mol. The Morgan fingerprint density at radius 1 is 1.23 bits per heavy atom. The smallest absolute Gasteiger partial charge is 0.320 e. The van der Waals surface area contributed by atoms with Gasteiger partial charge in [-0.05, 0) is 67.2 Å². The molecule has 0 radical (unpaired) electrons. The summed E-state index contributed by atoms with van der Waals surface area (Å²) in [6, 6.07) is 7.91. The lowest BCUT2D eigenvalue weighted by molar-refractivity contribution is 0.129. The van der Waals surface area contributed by atoms with E-state index in [0.29, 0.717) is 6.61 Å². The molecule has 0 unspecified atom stereocenters. The molecular formula is C21H23F3N4OS2. The molecule has 0 aliphatic carbocycles. The van der Waals surface area contributed by atoms with Crippen LogP contribution in [0.1, 0.15) is 30.7 Å². The summed E-state index contributed by atoms with van der Waals surface area (Å²) >= 11 is 3.55. The third-order valence-corrected chi connectivity index (χ3v) is 7.48. The topological polar surface area (TPSA) is 43.2 Å². The zero-order valence-corrected chi connectivity index (χ0v) is 18.6. The summed E-state index contributed by atoms with van der Waals surface area (Å²) in [5.41, 5.74) is 1.40. The minimum atomic E-state index is -2.86. The summed E-state index contributed by atoms with van der Waals surface area (Å²) < 4.78 is 48.6. The van der Waals surface area contributed by atoms with E-state index in [4.69, 9.17) is 4.74 Å². The van der Waals surface area contributed by atoms with Crippen molar-refractivity contribution < 1.29 is 17.9 Å². The quantitative estimate of drug-likeness (QED) is 0.413. The summed E-state index contributed by atoms with van der Waals surface area (Å²) in [7, 11) is 0. The van der Waals surface area contributed by atoms with E-state index in [0.717, 1.165) is 37.2 Å². The van der Waals surface area contributed by atoms with Gasteiger partial charge in [-0.25, -0.2) is 13.2 Å². The maximum Gasteiger partial charge on any atom is 0.320 e. The number of halogens is 3. The molecule has 1 aliphatic heterocycles. The lowest BCUT2D eigenvalue weighted by Crippen LogP contribution is -2.35. The molecule has 0 N–H and O–H groups in total. The van der Waals surface area contributed by atoms with Crippen molar-refractivity contribution in [3.63, 3.8) is 0 Å². The minimum Gasteiger partial charge on any atom is -0.463 e. The molecule has 166 valence electrons. The standard InChI is InChI=1S/C21H23F3N4OS2/c1-30-20-15(8-11-31-20)12-27-9-6-14(7-10-27)13-29-21-25-19(18(23)24)26-28(21)17-5-3-2-4-16(17)22/h2-5,8,11,14,18H,6-7,9-10,12-13H2,1H3. The van der Waals surface area contributed by atoms with Crippen LogP contribution in [0, 0.1) is 11.7 Å². The first-order chi connectivity index (χ1) is 15.0. The first-order valence-electron chi connectivity index (χ1n) is 10.0. The number of hydrogen-bond acceptors (Lipinski definition) is 6. The zero-order valence-electron chi connectivity index (χ0n) is 17.0. The van der Waals surface area contributed by atoms with Crippen LogP contribution in [0.3, 0.4) is 0 Å². The van der Waals surface area contributed by atoms with Gasteiger partial charge in [0.25, 0.3) is 6.43 Å². The molecule has 10 heteroatoms. The molecule has 0 spiro atoms. The maximum atomic E-state index is 14.2. The number of likely N-dealkylation sites (tertiary alicyclic amines) is 1. The number of thioether (sulfide) groups is 1. The Hall–Kier alpha value is -2.04. The number of thiophene rings is 1. The van der Waals surface area contributed by atoms with Crippen molar-refractivity contribution in [2.24, 2.45) is 5.92 Å². The van der Waals surface area contributed by atoms with Crippen LogP contribution < -0.4 is 4.74 Å². The number of para-hydroxylation sites is 1. The van der Waals surface area contributed by atoms with Crippen LogP contribution in [0.4, 0.5) is 13.2 Å². The molecule has 0 bridgehead atoms. The second-order valence-corrected chi connectivity index (χ2v) is 9.38. The van der Waals surface area contributed by atoms with E-state index >= 15 is 0 Å². The van der Waals surface area contributed by atoms with Gasteiger partial charge in [0.15, 0.2) is 0 Å². The average molecular weight is 469 g/mol. The van der Waals surface area contributed by atoms with Gasteiger partial charge >= 0.3 is 6.01 Å². The van der Waals surface area contributed by atoms with Crippen LogP contribution >= 0.6 is 23.1 Å². The molecule has 1 fully saturated rings. The predicted octanol–water partition coefficient (Wildman–Crippen LogP) is 5.42. The van der Waals surface area contributed by atoms with E-state index in [1.54, 1.807) is 29.2 Å². The number of aromatic nitrogens is 3. The number of alkyl halides is 2. The number of hydrogen-bond donors (Lipinski definition) is 0. The molecule has 3 heterocycles. The number of piperidine rings is 1. The number of rotatable bonds is 8. The monoisotopic (exact) mass is 468 g/mol. The summed E-state index contributed by atoms with van der Waals surface area (Å²) in [5, 5.41) is 5.88. The average Bonchev–Trinajstić information content (AvgIpc) is 3.40. The highest BCUT2D eigenvalue weighted by Gasteiger charge is 2.24. The summed E-state index contributed by atoms with van der Waals surface area (Å²) in [4.78, 5) is 6.22. The van der Waals surface area contributed by atoms with Crippen molar-refractivity contribution in [1.29, 1.82) is 0 Å². The van der Waals surface area contributed by atoms with Crippen molar-refractivity contribution in [3.05, 3.63) is 52.9 Å². The highest BCUT2D eigenvalue weighted by molar-refractivity contribution is 8.00. The van der Waals surface area contributed by atoms with E-state index in [1.807, 2.05) is 0 Å². The Balaban J connectivity index is 1.37. The summed E-state index contributed by atoms with van der Waals surface area (Å²) in [5.74, 6) is -0.975. The van der Waals surface area contributed by atoms with Crippen molar-refractivity contribution in [3.8, 4) is 11.7 Å². The van der Waals surface area contributed by atoms with Gasteiger partial charge < -0.3 is 4.74 Å². The highest BCUT2D eigenvalue weighted by atomic mass is 32.2. The SMILES string of the molecule is CSc1sccc1CN1CCC(COc2nc(C(F)F)nn2-c2ccccc2F)CC1. The molecule has 3 aromatic rings. The van der Waals surface area contributed by atoms with Gasteiger partial charge in [-0.15, -0.1) is 28.2 Å². The molecule has 4 rings (SSSR count). The fraction of sp³-hybridized carbons (Fsp3) is 0.429. The number of nitrogens with zero attached hydrogens (tertiary/aromatic N) is 4. The van der Waals surface area contributed by atoms with E-state index < -0.39 is 18.1 Å². The molecule has 0 saturated carbocycles. The minimum absolute atomic E-state index is 0.0343. The Morgan fingerprint density at radius 3 is 2.71 bits per heavy atom. The lowest BCUT2D eigenvalue weighted by Gasteiger charge is -2.31. The molecule has 1 saturated heterocycles. The number of benzene rings is 1. The van der Waals surface area contributed by atoms with Gasteiger partial charge in [-0.1, -0.05) is 12.1 Å². The third-order valence-electron chi connectivity index (χ3n) is 5.31. The molecule has 0 amide bonds. The zero-order chi connectivity index (χ0) is 21.8. The van der Waals surface area contributed by atoms with Crippen LogP contribution in [0.5, 0.6) is 6.01 Å².